The Labute approximate surface area is 178 Å². The van der Waals surface area contributed by atoms with Crippen molar-refractivity contribution in [2.24, 2.45) is 4.99 Å². The summed E-state index contributed by atoms with van der Waals surface area (Å²) in [6, 6.07) is 11.5. The molecule has 152 valence electrons. The molecule has 0 radical (unpaired) electrons. The van der Waals surface area contributed by atoms with Crippen molar-refractivity contribution in [2.45, 2.75) is 25.6 Å². The van der Waals surface area contributed by atoms with E-state index in [1.165, 1.54) is 18.2 Å². The lowest BCUT2D eigenvalue weighted by Crippen LogP contribution is -2.40. The molecule has 2 aromatic rings. The number of nitrogens with one attached hydrogen (secondary N) is 2. The van der Waals surface area contributed by atoms with Gasteiger partial charge in [-0.2, -0.15) is 8.78 Å². The Morgan fingerprint density at radius 3 is 2.79 bits per heavy atom. The minimum absolute atomic E-state index is 0. The van der Waals surface area contributed by atoms with Crippen molar-refractivity contribution in [3.8, 4) is 11.5 Å². The van der Waals surface area contributed by atoms with E-state index in [1.807, 2.05) is 24.3 Å². The number of aliphatic imine (C=N–C) groups is 1. The Morgan fingerprint density at radius 2 is 2.04 bits per heavy atom. The first kappa shape index (κ1) is 22.1. The van der Waals surface area contributed by atoms with Crippen LogP contribution >= 0.6 is 24.0 Å². The monoisotopic (exact) mass is 507 g/mol. The maximum Gasteiger partial charge on any atom is 0.387 e. The molecule has 0 saturated heterocycles. The molecule has 0 aliphatic carbocycles. The molecule has 2 aromatic carbocycles. The minimum Gasteiger partial charge on any atom is -0.493 e. The number of fused-ring (bicyclic) bond motifs is 1. The second-order valence-corrected chi connectivity index (χ2v) is 5.89. The number of hydrogen-bond acceptors (Lipinski definition) is 3. The number of halogens is 4. The van der Waals surface area contributed by atoms with Gasteiger partial charge in [-0.25, -0.2) is 4.39 Å². The van der Waals surface area contributed by atoms with Gasteiger partial charge >= 0.3 is 6.61 Å². The van der Waals surface area contributed by atoms with Gasteiger partial charge in [0, 0.05) is 31.1 Å². The summed E-state index contributed by atoms with van der Waals surface area (Å²) < 4.78 is 49.2. The highest BCUT2D eigenvalue weighted by Crippen LogP contribution is 2.31. The second kappa shape index (κ2) is 10.4. The Bertz CT molecular complexity index is 821. The Kier molecular flexibility index (Phi) is 8.21. The van der Waals surface area contributed by atoms with E-state index in [1.54, 1.807) is 7.05 Å². The number of guanidine groups is 1. The summed E-state index contributed by atoms with van der Waals surface area (Å²) in [6.45, 7) is -2.52. The fourth-order valence-corrected chi connectivity index (χ4v) is 2.94. The quantitative estimate of drug-likeness (QED) is 0.362. The number of hydrogen-bond donors (Lipinski definition) is 2. The number of para-hydroxylation sites is 1. The normalized spacial score (nSPS) is 15.9. The number of alkyl halides is 2. The van der Waals surface area contributed by atoms with Crippen LogP contribution in [0.1, 0.15) is 23.6 Å². The summed E-state index contributed by atoms with van der Waals surface area (Å²) in [5, 5.41) is 6.21. The smallest absolute Gasteiger partial charge is 0.387 e. The maximum absolute atomic E-state index is 14.1. The number of nitrogens with zero attached hydrogens (tertiary/aromatic N) is 1. The summed E-state index contributed by atoms with van der Waals surface area (Å²) in [7, 11) is 1.58. The van der Waals surface area contributed by atoms with E-state index in [9.17, 15) is 13.2 Å². The lowest BCUT2D eigenvalue weighted by Gasteiger charge is -2.28. The van der Waals surface area contributed by atoms with Crippen molar-refractivity contribution in [3.63, 3.8) is 0 Å². The third kappa shape index (κ3) is 5.43. The molecular weight excluding hydrogens is 486 g/mol. The first-order valence-corrected chi connectivity index (χ1v) is 8.49. The van der Waals surface area contributed by atoms with Gasteiger partial charge in [0.15, 0.2) is 5.96 Å². The van der Waals surface area contributed by atoms with E-state index in [-0.39, 0.29) is 47.9 Å². The molecule has 28 heavy (non-hydrogen) atoms. The second-order valence-electron chi connectivity index (χ2n) is 5.89. The highest BCUT2D eigenvalue weighted by molar-refractivity contribution is 14.0. The van der Waals surface area contributed by atoms with Crippen LogP contribution in [-0.2, 0) is 6.54 Å². The highest BCUT2D eigenvalue weighted by atomic mass is 127. The molecule has 0 aromatic heterocycles. The first-order chi connectivity index (χ1) is 13.1. The van der Waals surface area contributed by atoms with Crippen molar-refractivity contribution in [2.75, 3.05) is 13.7 Å². The van der Waals surface area contributed by atoms with Crippen LogP contribution in [0.5, 0.6) is 11.5 Å². The largest absolute Gasteiger partial charge is 0.493 e. The van der Waals surface area contributed by atoms with Crippen LogP contribution in [0.2, 0.25) is 0 Å². The topological polar surface area (TPSA) is 54.9 Å². The molecular formula is C19H21F3IN3O2. The number of rotatable bonds is 5. The molecule has 0 amide bonds. The summed E-state index contributed by atoms with van der Waals surface area (Å²) >= 11 is 0. The minimum atomic E-state index is -3.03. The van der Waals surface area contributed by atoms with Crippen molar-refractivity contribution in [1.29, 1.82) is 0 Å². The summed E-state index contributed by atoms with van der Waals surface area (Å²) in [6.07, 6.45) is 0.733. The van der Waals surface area contributed by atoms with E-state index in [0.29, 0.717) is 12.6 Å². The molecule has 9 heteroatoms. The summed E-state index contributed by atoms with van der Waals surface area (Å²) in [5.41, 5.74) is 1.01. The predicted octanol–water partition coefficient (Wildman–Crippen LogP) is 4.23. The van der Waals surface area contributed by atoms with Crippen LogP contribution in [0.15, 0.2) is 47.5 Å². The lowest BCUT2D eigenvalue weighted by molar-refractivity contribution is -0.0506. The predicted molar refractivity (Wildman–Crippen MR) is 111 cm³/mol. The zero-order chi connectivity index (χ0) is 19.2. The van der Waals surface area contributed by atoms with E-state index in [2.05, 4.69) is 20.4 Å². The zero-order valence-electron chi connectivity index (χ0n) is 15.1. The van der Waals surface area contributed by atoms with E-state index in [4.69, 9.17) is 4.74 Å². The maximum atomic E-state index is 14.1. The molecule has 1 unspecified atom stereocenters. The van der Waals surface area contributed by atoms with Crippen molar-refractivity contribution in [1.82, 2.24) is 10.6 Å². The number of benzene rings is 2. The van der Waals surface area contributed by atoms with E-state index >= 15 is 0 Å². The first-order valence-electron chi connectivity index (χ1n) is 8.49. The van der Waals surface area contributed by atoms with Gasteiger partial charge in [0.1, 0.15) is 17.3 Å². The molecule has 0 saturated carbocycles. The van der Waals surface area contributed by atoms with Crippen LogP contribution in [0.4, 0.5) is 13.2 Å². The lowest BCUT2D eigenvalue weighted by atomic mass is 10.0. The zero-order valence-corrected chi connectivity index (χ0v) is 17.5. The van der Waals surface area contributed by atoms with Gasteiger partial charge in [-0.15, -0.1) is 24.0 Å². The average Bonchev–Trinajstić information content (AvgIpc) is 2.66. The Balaban J connectivity index is 0.00000280. The van der Waals surface area contributed by atoms with Gasteiger partial charge in [0.25, 0.3) is 0 Å². The van der Waals surface area contributed by atoms with Gasteiger partial charge in [-0.1, -0.05) is 24.3 Å². The molecule has 0 bridgehead atoms. The van der Waals surface area contributed by atoms with Crippen molar-refractivity contribution in [3.05, 3.63) is 59.4 Å². The third-order valence-corrected chi connectivity index (χ3v) is 4.22. The summed E-state index contributed by atoms with van der Waals surface area (Å²) in [5.74, 6) is 0.387. The van der Waals surface area contributed by atoms with Crippen LogP contribution in [0.3, 0.4) is 0 Å². The standard InChI is InChI=1S/C19H20F3N3O2.HI/c1-23-19(25-15-9-10-26-16-7-3-2-5-12(15)16)24-11-13-14(20)6-4-8-17(13)27-18(21)22;/h2-8,15,18H,9-11H2,1H3,(H2,23,24,25);1H. The van der Waals surface area contributed by atoms with Crippen LogP contribution in [0.25, 0.3) is 0 Å². The molecule has 1 aliphatic heterocycles. The highest BCUT2D eigenvalue weighted by Gasteiger charge is 2.22. The SMILES string of the molecule is CN=C(NCc1c(F)cccc1OC(F)F)NC1CCOc2ccccc21.I. The Morgan fingerprint density at radius 1 is 1.25 bits per heavy atom. The molecule has 1 atom stereocenters. The molecule has 1 aliphatic rings. The number of ether oxygens (including phenoxy) is 2. The van der Waals surface area contributed by atoms with Gasteiger partial charge in [-0.05, 0) is 18.2 Å². The fraction of sp³-hybridized carbons (Fsp3) is 0.316. The molecule has 1 heterocycles. The fourth-order valence-electron chi connectivity index (χ4n) is 2.94. The van der Waals surface area contributed by atoms with Crippen LogP contribution < -0.4 is 20.1 Å². The third-order valence-electron chi connectivity index (χ3n) is 4.22. The molecule has 2 N–H and O–H groups in total. The van der Waals surface area contributed by atoms with E-state index < -0.39 is 12.4 Å². The summed E-state index contributed by atoms with van der Waals surface area (Å²) in [4.78, 5) is 4.13. The molecule has 0 fully saturated rings. The van der Waals surface area contributed by atoms with Crippen LogP contribution in [0, 0.1) is 5.82 Å². The van der Waals surface area contributed by atoms with Gasteiger partial charge in [0.05, 0.1) is 12.6 Å². The average molecular weight is 507 g/mol. The van der Waals surface area contributed by atoms with Gasteiger partial charge < -0.3 is 20.1 Å². The Hall–Kier alpha value is -2.17. The van der Waals surface area contributed by atoms with Crippen molar-refractivity contribution < 1.29 is 22.6 Å². The van der Waals surface area contributed by atoms with Crippen molar-refractivity contribution >= 4 is 29.9 Å². The van der Waals surface area contributed by atoms with Gasteiger partial charge in [0.2, 0.25) is 0 Å². The van der Waals surface area contributed by atoms with E-state index in [0.717, 1.165) is 17.7 Å². The van der Waals surface area contributed by atoms with Gasteiger partial charge in [-0.3, -0.25) is 4.99 Å². The van der Waals surface area contributed by atoms with Crippen LogP contribution in [-0.4, -0.2) is 26.2 Å². The molecule has 0 spiro atoms. The molecule has 5 nitrogen and oxygen atoms in total. The molecule has 3 rings (SSSR count).